The van der Waals surface area contributed by atoms with Gasteiger partial charge in [-0.3, -0.25) is 0 Å². The van der Waals surface area contributed by atoms with E-state index in [0.29, 0.717) is 0 Å². The van der Waals surface area contributed by atoms with Gasteiger partial charge < -0.3 is 15.2 Å². The average molecular weight is 376 g/mol. The van der Waals surface area contributed by atoms with E-state index in [1.807, 2.05) is 0 Å². The van der Waals surface area contributed by atoms with Gasteiger partial charge in [0.25, 0.3) is 0 Å². The molecule has 0 aromatic carbocycles. The number of aromatic nitrogens is 1. The molecule has 100 valence electrons. The summed E-state index contributed by atoms with van der Waals surface area (Å²) >= 11 is 1.60. The lowest BCUT2D eigenvalue weighted by atomic mass is 10.2. The molecule has 0 spiro atoms. The minimum Gasteiger partial charge on any atom is -0.464 e. The van der Waals surface area contributed by atoms with Crippen molar-refractivity contribution in [2.75, 3.05) is 7.11 Å². The number of carbonyl (C=O) groups is 1. The second kappa shape index (κ2) is 5.69. The normalized spacial score (nSPS) is 11.2. The number of methoxy groups -OCH3 is 1. The first kappa shape index (κ1) is 15.0. The van der Waals surface area contributed by atoms with Crippen LogP contribution in [0.2, 0.25) is 0 Å². The van der Waals surface area contributed by atoms with Crippen LogP contribution in [0.1, 0.15) is 16.2 Å². The summed E-state index contributed by atoms with van der Waals surface area (Å²) < 4.78 is 44.9. The lowest BCUT2D eigenvalue weighted by molar-refractivity contribution is -0.275. The van der Waals surface area contributed by atoms with Crippen LogP contribution in [0.25, 0.3) is 0 Å². The highest BCUT2D eigenvalue weighted by molar-refractivity contribution is 14.1. The Morgan fingerprint density at radius 2 is 2.17 bits per heavy atom. The summed E-state index contributed by atoms with van der Waals surface area (Å²) in [5.41, 5.74) is 5.03. The molecule has 0 saturated heterocycles. The highest BCUT2D eigenvalue weighted by atomic mass is 127. The number of rotatable bonds is 3. The van der Waals surface area contributed by atoms with E-state index in [1.54, 1.807) is 22.6 Å². The Morgan fingerprint density at radius 1 is 1.56 bits per heavy atom. The number of hydrogen-bond acceptors (Lipinski definition) is 5. The molecular weight excluding hydrogens is 368 g/mol. The van der Waals surface area contributed by atoms with Crippen molar-refractivity contribution in [2.24, 2.45) is 5.73 Å². The fourth-order valence-corrected chi connectivity index (χ4v) is 1.83. The van der Waals surface area contributed by atoms with Crippen LogP contribution < -0.4 is 10.5 Å². The minimum absolute atomic E-state index is 0.0215. The van der Waals surface area contributed by atoms with E-state index < -0.39 is 23.8 Å². The Bertz CT molecular complexity index is 465. The Kier molecular flexibility index (Phi) is 4.73. The number of hydrogen-bond donors (Lipinski definition) is 1. The van der Waals surface area contributed by atoms with E-state index in [2.05, 4.69) is 14.5 Å². The van der Waals surface area contributed by atoms with Crippen LogP contribution in [0.4, 0.5) is 13.2 Å². The Balaban J connectivity index is 3.33. The lowest BCUT2D eigenvalue weighted by Gasteiger charge is -2.14. The van der Waals surface area contributed by atoms with E-state index in [4.69, 9.17) is 5.73 Å². The van der Waals surface area contributed by atoms with Gasteiger partial charge in [0.2, 0.25) is 0 Å². The lowest BCUT2D eigenvalue weighted by Crippen LogP contribution is -2.21. The van der Waals surface area contributed by atoms with Crippen LogP contribution >= 0.6 is 22.6 Å². The summed E-state index contributed by atoms with van der Waals surface area (Å²) in [6.07, 6.45) is -4.92. The molecule has 18 heavy (non-hydrogen) atoms. The van der Waals surface area contributed by atoms with Gasteiger partial charge in [-0.25, -0.2) is 9.78 Å². The summed E-state index contributed by atoms with van der Waals surface area (Å²) in [5.74, 6) is -1.71. The molecule has 0 fully saturated rings. The van der Waals surface area contributed by atoms with Crippen molar-refractivity contribution in [3.63, 3.8) is 0 Å². The van der Waals surface area contributed by atoms with E-state index in [9.17, 15) is 18.0 Å². The highest BCUT2D eigenvalue weighted by Gasteiger charge is 2.35. The molecule has 0 unspecified atom stereocenters. The summed E-state index contributed by atoms with van der Waals surface area (Å²) in [4.78, 5) is 15.0. The standard InChI is InChI=1S/C9H8F3IN2O3/c1-17-8(16)6-7(18-9(10,11)12)5(13)2-4(3-14)15-6/h2H,3,14H2,1H3. The fraction of sp³-hybridized carbons (Fsp3) is 0.333. The Labute approximate surface area is 114 Å². The molecule has 5 nitrogen and oxygen atoms in total. The number of pyridine rings is 1. The van der Waals surface area contributed by atoms with Gasteiger partial charge in [-0.2, -0.15) is 0 Å². The first-order valence-corrected chi connectivity index (χ1v) is 5.60. The van der Waals surface area contributed by atoms with Gasteiger partial charge in [0.15, 0.2) is 11.4 Å². The van der Waals surface area contributed by atoms with Crippen molar-refractivity contribution in [1.82, 2.24) is 4.98 Å². The van der Waals surface area contributed by atoms with Gasteiger partial charge in [-0.1, -0.05) is 0 Å². The van der Waals surface area contributed by atoms with E-state index in [1.165, 1.54) is 6.07 Å². The number of nitrogens with two attached hydrogens (primary N) is 1. The predicted octanol–water partition coefficient (Wildman–Crippen LogP) is 1.83. The monoisotopic (exact) mass is 376 g/mol. The Hall–Kier alpha value is -1.10. The molecule has 2 N–H and O–H groups in total. The van der Waals surface area contributed by atoms with Gasteiger partial charge in [-0.05, 0) is 28.7 Å². The van der Waals surface area contributed by atoms with Crippen LogP contribution in [0, 0.1) is 3.57 Å². The third-order valence-electron chi connectivity index (χ3n) is 1.79. The SMILES string of the molecule is COC(=O)c1nc(CN)cc(I)c1OC(F)(F)F. The van der Waals surface area contributed by atoms with Crippen molar-refractivity contribution in [3.05, 3.63) is 21.0 Å². The molecule has 0 saturated carbocycles. The maximum atomic E-state index is 12.2. The smallest absolute Gasteiger partial charge is 0.464 e. The van der Waals surface area contributed by atoms with E-state index in [-0.39, 0.29) is 15.8 Å². The molecule has 0 atom stereocenters. The zero-order chi connectivity index (χ0) is 13.9. The maximum absolute atomic E-state index is 12.2. The zero-order valence-corrected chi connectivity index (χ0v) is 11.2. The summed E-state index contributed by atoms with van der Waals surface area (Å²) in [6, 6.07) is 1.30. The number of esters is 1. The van der Waals surface area contributed by atoms with Gasteiger partial charge in [-0.15, -0.1) is 13.2 Å². The second-order valence-corrected chi connectivity index (χ2v) is 4.18. The number of nitrogens with zero attached hydrogens (tertiary/aromatic N) is 1. The van der Waals surface area contributed by atoms with E-state index >= 15 is 0 Å². The van der Waals surface area contributed by atoms with Crippen LogP contribution in [0.3, 0.4) is 0 Å². The van der Waals surface area contributed by atoms with Crippen molar-refractivity contribution in [2.45, 2.75) is 12.9 Å². The predicted molar refractivity (Wildman–Crippen MR) is 62.9 cm³/mol. The highest BCUT2D eigenvalue weighted by Crippen LogP contribution is 2.31. The summed E-state index contributed by atoms with van der Waals surface area (Å²) in [5, 5.41) is 0. The molecule has 0 amide bonds. The van der Waals surface area contributed by atoms with E-state index in [0.717, 1.165) is 7.11 Å². The minimum atomic E-state index is -4.92. The van der Waals surface area contributed by atoms with Crippen LogP contribution in [0.15, 0.2) is 6.07 Å². The summed E-state index contributed by atoms with van der Waals surface area (Å²) in [7, 11) is 1.03. The molecule has 1 heterocycles. The molecule has 1 aromatic heterocycles. The zero-order valence-electron chi connectivity index (χ0n) is 9.05. The van der Waals surface area contributed by atoms with Crippen molar-refractivity contribution < 1.29 is 27.4 Å². The topological polar surface area (TPSA) is 74.4 Å². The van der Waals surface area contributed by atoms with Crippen LogP contribution in [0.5, 0.6) is 5.75 Å². The molecule has 9 heteroatoms. The van der Waals surface area contributed by atoms with Gasteiger partial charge in [0.05, 0.1) is 16.4 Å². The number of carbonyl (C=O) groups excluding carboxylic acids is 1. The van der Waals surface area contributed by atoms with Gasteiger partial charge in [0, 0.05) is 6.54 Å². The first-order valence-electron chi connectivity index (χ1n) is 4.52. The van der Waals surface area contributed by atoms with Crippen molar-refractivity contribution >= 4 is 28.6 Å². The molecule has 1 rings (SSSR count). The number of halogens is 4. The maximum Gasteiger partial charge on any atom is 0.573 e. The number of alkyl halides is 3. The van der Waals surface area contributed by atoms with Crippen molar-refractivity contribution in [3.8, 4) is 5.75 Å². The third-order valence-corrected chi connectivity index (χ3v) is 2.59. The molecule has 0 radical (unpaired) electrons. The first-order chi connectivity index (χ1) is 8.28. The fourth-order valence-electron chi connectivity index (χ4n) is 1.10. The van der Waals surface area contributed by atoms with Gasteiger partial charge >= 0.3 is 12.3 Å². The second-order valence-electron chi connectivity index (χ2n) is 3.02. The number of ether oxygens (including phenoxy) is 2. The largest absolute Gasteiger partial charge is 0.573 e. The molecular formula is C9H8F3IN2O3. The van der Waals surface area contributed by atoms with Crippen LogP contribution in [-0.4, -0.2) is 24.4 Å². The summed E-state index contributed by atoms with van der Waals surface area (Å²) in [6.45, 7) is -0.0215. The molecule has 1 aromatic rings. The average Bonchev–Trinajstić information content (AvgIpc) is 2.28. The molecule has 0 bridgehead atoms. The van der Waals surface area contributed by atoms with Crippen molar-refractivity contribution in [1.29, 1.82) is 0 Å². The molecule has 0 aliphatic carbocycles. The molecule has 0 aliphatic rings. The van der Waals surface area contributed by atoms with Crippen LogP contribution in [-0.2, 0) is 11.3 Å². The van der Waals surface area contributed by atoms with Gasteiger partial charge in [0.1, 0.15) is 0 Å². The quantitative estimate of drug-likeness (QED) is 0.644. The Morgan fingerprint density at radius 3 is 2.61 bits per heavy atom. The molecule has 0 aliphatic heterocycles. The third kappa shape index (κ3) is 3.70.